The highest BCUT2D eigenvalue weighted by molar-refractivity contribution is 6.12. The molecule has 7 heteroatoms. The maximum atomic E-state index is 14.3. The number of hydrazone groups is 1. The van der Waals surface area contributed by atoms with Crippen LogP contribution in [0.5, 0.6) is 5.75 Å². The minimum atomic E-state index is -0.661. The largest absolute Gasteiger partial charge is 0.507 e. The average Bonchev–Trinajstić information content (AvgIpc) is 2.54. The zero-order chi connectivity index (χ0) is 17.6. The van der Waals surface area contributed by atoms with Crippen molar-refractivity contribution in [2.75, 3.05) is 0 Å². The van der Waals surface area contributed by atoms with E-state index in [2.05, 4.69) is 20.5 Å². The van der Waals surface area contributed by atoms with Crippen molar-refractivity contribution in [3.05, 3.63) is 41.7 Å². The average molecular weight is 342 g/mol. The van der Waals surface area contributed by atoms with Gasteiger partial charge in [-0.1, -0.05) is 12.1 Å². The van der Waals surface area contributed by atoms with Crippen molar-refractivity contribution < 1.29 is 14.6 Å². The zero-order valence-electron chi connectivity index (χ0n) is 13.7. The van der Waals surface area contributed by atoms with E-state index in [9.17, 15) is 14.6 Å². The van der Waals surface area contributed by atoms with Crippen molar-refractivity contribution >= 4 is 17.8 Å². The zero-order valence-corrected chi connectivity index (χ0v) is 13.7. The first kappa shape index (κ1) is 16.0. The summed E-state index contributed by atoms with van der Waals surface area (Å²) in [6, 6.07) is 3.86. The molecule has 1 saturated carbocycles. The molecule has 0 spiro atoms. The lowest BCUT2D eigenvalue weighted by Gasteiger charge is -2.40. The number of hydrogen-bond donors (Lipinski definition) is 3. The van der Waals surface area contributed by atoms with Gasteiger partial charge in [-0.3, -0.25) is 15.4 Å². The van der Waals surface area contributed by atoms with Gasteiger partial charge in [0, 0.05) is 6.21 Å². The summed E-state index contributed by atoms with van der Waals surface area (Å²) < 4.78 is 14.3. The molecule has 0 saturated heterocycles. The minimum absolute atomic E-state index is 0.0258. The number of phenolic OH excluding ortho intramolecular Hbond substituents is 1. The first-order chi connectivity index (χ1) is 11.9. The number of fused-ring (bicyclic) bond motifs is 1. The highest BCUT2D eigenvalue weighted by Gasteiger charge is 2.41. The Labute approximate surface area is 144 Å². The molecular weight excluding hydrogens is 323 g/mol. The molecule has 3 aliphatic rings. The second kappa shape index (κ2) is 5.77. The lowest BCUT2D eigenvalue weighted by molar-refractivity contribution is -0.0281. The number of phenols is 1. The van der Waals surface area contributed by atoms with Crippen LogP contribution in [0.2, 0.25) is 0 Å². The number of benzene rings is 1. The normalized spacial score (nSPS) is 34.9. The molecule has 2 aliphatic heterocycles. The van der Waals surface area contributed by atoms with Crippen molar-refractivity contribution in [3.63, 3.8) is 0 Å². The van der Waals surface area contributed by atoms with E-state index in [0.717, 1.165) is 0 Å². The Morgan fingerprint density at radius 3 is 2.88 bits per heavy atom. The topological polar surface area (TPSA) is 89.6 Å². The molecule has 3 N–H and O–H groups in total. The SMILES string of the molecule is CC1(O)CC(N=C2NN=C(c3c(O)cccc3F)[C@@H]3C=CC=N[C@@H]23)C1. The number of halogens is 1. The maximum absolute atomic E-state index is 14.3. The van der Waals surface area contributed by atoms with Gasteiger partial charge < -0.3 is 10.2 Å². The number of dihydropyridines is 1. The summed E-state index contributed by atoms with van der Waals surface area (Å²) in [6.45, 7) is 1.79. The number of rotatable bonds is 2. The summed E-state index contributed by atoms with van der Waals surface area (Å²) in [5.41, 5.74) is 2.70. The second-order valence-corrected chi connectivity index (χ2v) is 6.97. The monoisotopic (exact) mass is 342 g/mol. The van der Waals surface area contributed by atoms with Gasteiger partial charge in [-0.15, -0.1) is 0 Å². The molecule has 1 aromatic carbocycles. The molecule has 25 heavy (non-hydrogen) atoms. The molecule has 1 aromatic rings. The second-order valence-electron chi connectivity index (χ2n) is 6.97. The third-order valence-electron chi connectivity index (χ3n) is 4.80. The Morgan fingerprint density at radius 1 is 1.36 bits per heavy atom. The smallest absolute Gasteiger partial charge is 0.143 e. The first-order valence-electron chi connectivity index (χ1n) is 8.26. The molecular formula is C18H19FN4O2. The van der Waals surface area contributed by atoms with Gasteiger partial charge in [-0.05, 0) is 38.0 Å². The Kier molecular flexibility index (Phi) is 3.68. The standard InChI is InChI=1S/C18H19FN4O2/c1-18(25)8-10(9-18)21-17-16-11(4-3-7-20-16)15(22-23-17)14-12(19)5-2-6-13(14)24/h2-7,10-11,16,24-25H,8-9H2,1H3,(H,21,23)/t10?,11-,16+,18?/m0/s1. The number of nitrogens with zero attached hydrogens (tertiary/aromatic N) is 3. The van der Waals surface area contributed by atoms with Crippen molar-refractivity contribution in [1.82, 2.24) is 5.43 Å². The number of aliphatic hydroxyl groups is 1. The maximum Gasteiger partial charge on any atom is 0.143 e. The summed E-state index contributed by atoms with van der Waals surface area (Å²) >= 11 is 0. The number of allylic oxidation sites excluding steroid dienone is 1. The van der Waals surface area contributed by atoms with Crippen molar-refractivity contribution in [1.29, 1.82) is 0 Å². The van der Waals surface area contributed by atoms with Gasteiger partial charge in [0.05, 0.1) is 28.8 Å². The minimum Gasteiger partial charge on any atom is -0.507 e. The van der Waals surface area contributed by atoms with E-state index in [1.54, 1.807) is 19.2 Å². The van der Waals surface area contributed by atoms with E-state index >= 15 is 0 Å². The van der Waals surface area contributed by atoms with E-state index in [-0.39, 0.29) is 29.3 Å². The van der Waals surface area contributed by atoms with Crippen LogP contribution in [0.25, 0.3) is 0 Å². The number of aromatic hydroxyl groups is 1. The van der Waals surface area contributed by atoms with Crippen LogP contribution in [0.3, 0.4) is 0 Å². The highest BCUT2D eigenvalue weighted by atomic mass is 19.1. The number of hydrogen-bond acceptors (Lipinski definition) is 5. The van der Waals surface area contributed by atoms with Crippen molar-refractivity contribution in [2.45, 2.75) is 37.5 Å². The van der Waals surface area contributed by atoms with Crippen LogP contribution >= 0.6 is 0 Å². The molecule has 0 radical (unpaired) electrons. The van der Waals surface area contributed by atoms with Crippen LogP contribution in [-0.2, 0) is 0 Å². The van der Waals surface area contributed by atoms with Gasteiger partial charge in [-0.25, -0.2) is 4.39 Å². The Hall–Kier alpha value is -2.54. The van der Waals surface area contributed by atoms with Crippen LogP contribution in [0, 0.1) is 11.7 Å². The van der Waals surface area contributed by atoms with Crippen LogP contribution in [0.15, 0.2) is 45.4 Å². The van der Waals surface area contributed by atoms with E-state index < -0.39 is 11.4 Å². The summed E-state index contributed by atoms with van der Waals surface area (Å²) in [4.78, 5) is 9.09. The Balaban J connectivity index is 1.69. The summed E-state index contributed by atoms with van der Waals surface area (Å²) in [5.74, 6) is -0.394. The highest BCUT2D eigenvalue weighted by Crippen LogP contribution is 2.35. The van der Waals surface area contributed by atoms with Crippen LogP contribution in [0.1, 0.15) is 25.3 Å². The lowest BCUT2D eigenvalue weighted by Crippen LogP contribution is -2.49. The van der Waals surface area contributed by atoms with Gasteiger partial charge >= 0.3 is 0 Å². The number of nitrogens with one attached hydrogen (secondary N) is 1. The van der Waals surface area contributed by atoms with Gasteiger partial charge in [0.2, 0.25) is 0 Å². The molecule has 1 fully saturated rings. The first-order valence-corrected chi connectivity index (χ1v) is 8.26. The van der Waals surface area contributed by atoms with Gasteiger partial charge in [0.15, 0.2) is 0 Å². The van der Waals surface area contributed by atoms with Gasteiger partial charge in [0.1, 0.15) is 23.4 Å². The molecule has 0 bridgehead atoms. The Bertz CT molecular complexity index is 800. The molecule has 6 nitrogen and oxygen atoms in total. The van der Waals surface area contributed by atoms with Gasteiger partial charge in [-0.2, -0.15) is 5.10 Å². The molecule has 2 atom stereocenters. The summed E-state index contributed by atoms with van der Waals surface area (Å²) in [5, 5.41) is 24.2. The predicted molar refractivity (Wildman–Crippen MR) is 93.7 cm³/mol. The van der Waals surface area contributed by atoms with E-state index in [1.165, 1.54) is 18.2 Å². The molecule has 1 aliphatic carbocycles. The molecule has 2 heterocycles. The van der Waals surface area contributed by atoms with E-state index in [0.29, 0.717) is 24.4 Å². The van der Waals surface area contributed by atoms with Crippen molar-refractivity contribution in [3.8, 4) is 5.75 Å². The fourth-order valence-electron chi connectivity index (χ4n) is 3.59. The molecule has 4 rings (SSSR count). The fraction of sp³-hybridized carbons (Fsp3) is 0.389. The number of aliphatic imine (C=N–C) groups is 2. The quantitative estimate of drug-likeness (QED) is 0.765. The summed E-state index contributed by atoms with van der Waals surface area (Å²) in [6.07, 6.45) is 6.54. The van der Waals surface area contributed by atoms with Crippen LogP contribution in [-0.4, -0.2) is 45.7 Å². The van der Waals surface area contributed by atoms with Gasteiger partial charge in [0.25, 0.3) is 0 Å². The molecule has 130 valence electrons. The van der Waals surface area contributed by atoms with Crippen LogP contribution < -0.4 is 5.43 Å². The van der Waals surface area contributed by atoms with E-state index in [1.807, 2.05) is 6.08 Å². The predicted octanol–water partition coefficient (Wildman–Crippen LogP) is 1.78. The lowest BCUT2D eigenvalue weighted by atomic mass is 9.77. The third kappa shape index (κ3) is 2.84. The fourth-order valence-corrected chi connectivity index (χ4v) is 3.59. The summed E-state index contributed by atoms with van der Waals surface area (Å²) in [7, 11) is 0. The van der Waals surface area contributed by atoms with E-state index in [4.69, 9.17) is 0 Å². The number of amidine groups is 1. The van der Waals surface area contributed by atoms with Crippen molar-refractivity contribution in [2.24, 2.45) is 21.0 Å². The molecule has 0 amide bonds. The third-order valence-corrected chi connectivity index (χ3v) is 4.80. The van der Waals surface area contributed by atoms with Crippen LogP contribution in [0.4, 0.5) is 4.39 Å². The Morgan fingerprint density at radius 2 is 2.16 bits per heavy atom. The molecule has 0 aromatic heterocycles. The molecule has 0 unspecified atom stereocenters.